The maximum Gasteiger partial charge on any atom is 0.327 e. The van der Waals surface area contributed by atoms with Gasteiger partial charge in [0.25, 0.3) is 0 Å². The van der Waals surface area contributed by atoms with Gasteiger partial charge in [-0.2, -0.15) is 0 Å². The van der Waals surface area contributed by atoms with Gasteiger partial charge in [-0.25, -0.2) is 8.42 Å². The Balaban J connectivity index is 1.67. The minimum absolute atomic E-state index is 0.0304. The molecule has 1 aliphatic rings. The van der Waals surface area contributed by atoms with Gasteiger partial charge >= 0.3 is 5.97 Å². The minimum Gasteiger partial charge on any atom is -0.490 e. The maximum absolute atomic E-state index is 13.1. The van der Waals surface area contributed by atoms with Gasteiger partial charge in [0.15, 0.2) is 14.6 Å². The van der Waals surface area contributed by atoms with Crippen LogP contribution in [-0.4, -0.2) is 32.3 Å². The minimum atomic E-state index is -3.83. The first kappa shape index (κ1) is 19.7. The van der Waals surface area contributed by atoms with Gasteiger partial charge in [-0.05, 0) is 43.2 Å². The second kappa shape index (κ2) is 8.31. The van der Waals surface area contributed by atoms with E-state index in [1.807, 2.05) is 0 Å². The van der Waals surface area contributed by atoms with Gasteiger partial charge < -0.3 is 9.47 Å². The van der Waals surface area contributed by atoms with E-state index in [1.165, 1.54) is 12.1 Å². The Bertz CT molecular complexity index is 890. The molecule has 144 valence electrons. The second-order valence-corrected chi connectivity index (χ2v) is 9.16. The zero-order valence-corrected chi connectivity index (χ0v) is 16.3. The SMILES string of the molecule is O=C(OCCOc1cccc(Cl)c1)C1(S(=O)(=O)c2ccccc2)CCCC1. The number of hydrogen-bond acceptors (Lipinski definition) is 5. The highest BCUT2D eigenvalue weighted by molar-refractivity contribution is 7.93. The Hall–Kier alpha value is -2.05. The Morgan fingerprint density at radius 1 is 1.00 bits per heavy atom. The zero-order valence-electron chi connectivity index (χ0n) is 14.8. The van der Waals surface area contributed by atoms with Gasteiger partial charge in [0.2, 0.25) is 0 Å². The fourth-order valence-corrected chi connectivity index (χ4v) is 5.59. The largest absolute Gasteiger partial charge is 0.490 e. The third kappa shape index (κ3) is 4.12. The quantitative estimate of drug-likeness (QED) is 0.510. The summed E-state index contributed by atoms with van der Waals surface area (Å²) in [6.45, 7) is 0.0882. The molecule has 0 radical (unpaired) electrons. The van der Waals surface area contributed by atoms with E-state index in [-0.39, 0.29) is 31.0 Å². The molecule has 0 atom stereocenters. The molecule has 0 aromatic heterocycles. The topological polar surface area (TPSA) is 69.7 Å². The lowest BCUT2D eigenvalue weighted by atomic mass is 10.1. The van der Waals surface area contributed by atoms with E-state index in [0.29, 0.717) is 23.6 Å². The van der Waals surface area contributed by atoms with Crippen LogP contribution in [0.5, 0.6) is 5.75 Å². The van der Waals surface area contributed by atoms with E-state index in [9.17, 15) is 13.2 Å². The molecule has 1 saturated carbocycles. The molecule has 27 heavy (non-hydrogen) atoms. The van der Waals surface area contributed by atoms with Crippen molar-refractivity contribution in [1.29, 1.82) is 0 Å². The van der Waals surface area contributed by atoms with E-state index >= 15 is 0 Å². The summed E-state index contributed by atoms with van der Waals surface area (Å²) < 4.78 is 35.6. The molecule has 1 fully saturated rings. The van der Waals surface area contributed by atoms with Gasteiger partial charge in [-0.3, -0.25) is 4.79 Å². The van der Waals surface area contributed by atoms with Gasteiger partial charge in [-0.1, -0.05) is 48.7 Å². The number of rotatable bonds is 7. The third-order valence-electron chi connectivity index (χ3n) is 4.73. The average Bonchev–Trinajstić information content (AvgIpc) is 3.18. The van der Waals surface area contributed by atoms with E-state index in [4.69, 9.17) is 21.1 Å². The van der Waals surface area contributed by atoms with E-state index in [1.54, 1.807) is 42.5 Å². The van der Waals surface area contributed by atoms with Gasteiger partial charge in [0, 0.05) is 5.02 Å². The fourth-order valence-electron chi connectivity index (χ4n) is 3.34. The van der Waals surface area contributed by atoms with Crippen molar-refractivity contribution in [2.75, 3.05) is 13.2 Å². The highest BCUT2D eigenvalue weighted by Crippen LogP contribution is 2.41. The zero-order chi connectivity index (χ0) is 19.3. The number of benzene rings is 2. The molecule has 0 amide bonds. The molecule has 2 aromatic rings. The van der Waals surface area contributed by atoms with Crippen molar-refractivity contribution in [2.24, 2.45) is 0 Å². The van der Waals surface area contributed by atoms with Crippen LogP contribution in [0.15, 0.2) is 59.5 Å². The van der Waals surface area contributed by atoms with Crippen molar-refractivity contribution in [2.45, 2.75) is 35.3 Å². The maximum atomic E-state index is 13.1. The summed E-state index contributed by atoms with van der Waals surface area (Å²) in [7, 11) is -3.83. The molecule has 0 spiro atoms. The Labute approximate surface area is 164 Å². The molecule has 2 aromatic carbocycles. The molecule has 1 aliphatic carbocycles. The summed E-state index contributed by atoms with van der Waals surface area (Å²) in [4.78, 5) is 12.9. The van der Waals surface area contributed by atoms with Crippen molar-refractivity contribution in [3.63, 3.8) is 0 Å². The molecule has 7 heteroatoms. The molecule has 3 rings (SSSR count). The lowest BCUT2D eigenvalue weighted by Gasteiger charge is -2.26. The third-order valence-corrected chi connectivity index (χ3v) is 7.46. The molecule has 0 aliphatic heterocycles. The standard InChI is InChI=1S/C20H21ClO5S/c21-16-7-6-8-17(15-16)25-13-14-26-19(22)20(11-4-5-12-20)27(23,24)18-9-2-1-3-10-18/h1-3,6-10,15H,4-5,11-14H2. The lowest BCUT2D eigenvalue weighted by Crippen LogP contribution is -2.45. The first-order valence-corrected chi connectivity index (χ1v) is 10.7. The summed E-state index contributed by atoms with van der Waals surface area (Å²) in [6, 6.07) is 15.0. The van der Waals surface area contributed by atoms with E-state index < -0.39 is 20.6 Å². The normalized spacial score (nSPS) is 16.0. The predicted molar refractivity (Wildman–Crippen MR) is 103 cm³/mol. The Kier molecular flexibility index (Phi) is 6.07. The number of halogens is 1. The summed E-state index contributed by atoms with van der Waals surface area (Å²) in [5.41, 5.74) is 0. The van der Waals surface area contributed by atoms with Crippen LogP contribution in [0.25, 0.3) is 0 Å². The predicted octanol–water partition coefficient (Wildman–Crippen LogP) is 4.05. The number of esters is 1. The van der Waals surface area contributed by atoms with Crippen LogP contribution in [0.3, 0.4) is 0 Å². The van der Waals surface area contributed by atoms with Crippen LogP contribution < -0.4 is 4.74 Å². The van der Waals surface area contributed by atoms with Crippen LogP contribution in [0.4, 0.5) is 0 Å². The average molecular weight is 409 g/mol. The Morgan fingerprint density at radius 3 is 2.37 bits per heavy atom. The van der Waals surface area contributed by atoms with Crippen LogP contribution in [-0.2, 0) is 19.4 Å². The van der Waals surface area contributed by atoms with Crippen LogP contribution >= 0.6 is 11.6 Å². The number of ether oxygens (including phenoxy) is 2. The first-order chi connectivity index (χ1) is 13.0. The number of carbonyl (C=O) groups excluding carboxylic acids is 1. The van der Waals surface area contributed by atoms with Gasteiger partial charge in [0.1, 0.15) is 19.0 Å². The monoisotopic (exact) mass is 408 g/mol. The number of hydrogen-bond donors (Lipinski definition) is 0. The molecule has 0 saturated heterocycles. The summed E-state index contributed by atoms with van der Waals surface area (Å²) >= 11 is 5.89. The van der Waals surface area contributed by atoms with Crippen molar-refractivity contribution in [1.82, 2.24) is 0 Å². The molecular weight excluding hydrogens is 388 g/mol. The molecule has 0 heterocycles. The summed E-state index contributed by atoms with van der Waals surface area (Å²) in [5, 5.41) is 0.545. The number of sulfone groups is 1. The van der Waals surface area contributed by atoms with Crippen LogP contribution in [0.2, 0.25) is 5.02 Å². The molecule has 0 unspecified atom stereocenters. The Morgan fingerprint density at radius 2 is 1.70 bits per heavy atom. The molecule has 0 bridgehead atoms. The van der Waals surface area contributed by atoms with Gasteiger partial charge in [0.05, 0.1) is 4.90 Å². The number of carbonyl (C=O) groups is 1. The van der Waals surface area contributed by atoms with E-state index in [0.717, 1.165) is 0 Å². The van der Waals surface area contributed by atoms with Crippen LogP contribution in [0.1, 0.15) is 25.7 Å². The highest BCUT2D eigenvalue weighted by Gasteiger charge is 2.54. The van der Waals surface area contributed by atoms with Crippen LogP contribution in [0, 0.1) is 0 Å². The molecule has 5 nitrogen and oxygen atoms in total. The van der Waals surface area contributed by atoms with Crippen molar-refractivity contribution in [3.8, 4) is 5.75 Å². The van der Waals surface area contributed by atoms with Gasteiger partial charge in [-0.15, -0.1) is 0 Å². The van der Waals surface area contributed by atoms with E-state index in [2.05, 4.69) is 0 Å². The molecule has 0 N–H and O–H groups in total. The van der Waals surface area contributed by atoms with Crippen molar-refractivity contribution < 1.29 is 22.7 Å². The lowest BCUT2D eigenvalue weighted by molar-refractivity contribution is -0.147. The fraction of sp³-hybridized carbons (Fsp3) is 0.350. The second-order valence-electron chi connectivity index (χ2n) is 6.46. The summed E-state index contributed by atoms with van der Waals surface area (Å²) in [5.74, 6) is -0.135. The smallest absolute Gasteiger partial charge is 0.327 e. The highest BCUT2D eigenvalue weighted by atomic mass is 35.5. The van der Waals surface area contributed by atoms with Crippen molar-refractivity contribution in [3.05, 3.63) is 59.6 Å². The first-order valence-electron chi connectivity index (χ1n) is 8.81. The summed E-state index contributed by atoms with van der Waals surface area (Å²) in [6.07, 6.45) is 1.91. The molecular formula is C20H21ClO5S. The van der Waals surface area contributed by atoms with Crippen molar-refractivity contribution >= 4 is 27.4 Å².